The predicted molar refractivity (Wildman–Crippen MR) is 199 cm³/mol. The minimum atomic E-state index is -3.75. The van der Waals surface area contributed by atoms with Crippen molar-refractivity contribution in [3.05, 3.63) is 95.1 Å². The van der Waals surface area contributed by atoms with Gasteiger partial charge in [-0.2, -0.15) is 13.5 Å². The first-order valence-corrected chi connectivity index (χ1v) is 19.7. The highest BCUT2D eigenvalue weighted by Gasteiger charge is 2.31. The SMILES string of the molecule is C[C@H]1CCCCN1c1nnc2ccc(O[C@@H]3CCC(NC(=O)Nc4cc(C(C)(C)C)nn4-c4cc(F)cc(COS(C)(=O)=O)c4)c4ccccc43)cn12. The van der Waals surface area contributed by atoms with Crippen molar-refractivity contribution in [3.8, 4) is 11.4 Å². The summed E-state index contributed by atoms with van der Waals surface area (Å²) >= 11 is 0. The van der Waals surface area contributed by atoms with Crippen LogP contribution in [0.2, 0.25) is 0 Å². The summed E-state index contributed by atoms with van der Waals surface area (Å²) in [6, 6.07) is 17.2. The average Bonchev–Trinajstić information content (AvgIpc) is 3.73. The van der Waals surface area contributed by atoms with Gasteiger partial charge < -0.3 is 15.0 Å². The molecule has 0 saturated carbocycles. The molecule has 1 saturated heterocycles. The topological polar surface area (TPSA) is 145 Å². The number of fused-ring (bicyclic) bond motifs is 2. The molecule has 53 heavy (non-hydrogen) atoms. The van der Waals surface area contributed by atoms with E-state index in [0.717, 1.165) is 48.4 Å². The molecule has 2 N–H and O–H groups in total. The number of hydrogen-bond donors (Lipinski definition) is 2. The molecule has 15 heteroatoms. The van der Waals surface area contributed by atoms with E-state index >= 15 is 0 Å². The van der Waals surface area contributed by atoms with Crippen LogP contribution in [-0.4, -0.2) is 57.7 Å². The summed E-state index contributed by atoms with van der Waals surface area (Å²) < 4.78 is 52.9. The number of ether oxygens (including phenoxy) is 1. The van der Waals surface area contributed by atoms with Crippen molar-refractivity contribution in [1.82, 2.24) is 29.7 Å². The molecule has 1 aliphatic carbocycles. The van der Waals surface area contributed by atoms with Gasteiger partial charge in [-0.25, -0.2) is 13.9 Å². The van der Waals surface area contributed by atoms with Gasteiger partial charge in [-0.3, -0.25) is 13.9 Å². The summed E-state index contributed by atoms with van der Waals surface area (Å²) in [4.78, 5) is 16.0. The Morgan fingerprint density at radius 1 is 1.00 bits per heavy atom. The molecule has 5 aromatic rings. The number of piperidine rings is 1. The number of amides is 2. The second-order valence-electron chi connectivity index (χ2n) is 15.0. The van der Waals surface area contributed by atoms with Gasteiger partial charge in [0.2, 0.25) is 5.95 Å². The first-order valence-electron chi connectivity index (χ1n) is 17.9. The lowest BCUT2D eigenvalue weighted by molar-refractivity contribution is 0.171. The minimum Gasteiger partial charge on any atom is -0.484 e. The smallest absolute Gasteiger partial charge is 0.320 e. The molecule has 1 fully saturated rings. The molecule has 0 bridgehead atoms. The number of benzene rings is 2. The third kappa shape index (κ3) is 8.15. The number of urea groups is 1. The number of rotatable bonds is 9. The average molecular weight is 745 g/mol. The Labute approximate surface area is 308 Å². The molecule has 4 heterocycles. The Morgan fingerprint density at radius 3 is 2.55 bits per heavy atom. The van der Waals surface area contributed by atoms with E-state index in [1.807, 2.05) is 67.8 Å². The molecule has 3 atom stereocenters. The lowest BCUT2D eigenvalue weighted by Crippen LogP contribution is -2.38. The summed E-state index contributed by atoms with van der Waals surface area (Å²) in [6.45, 7) is 8.77. The van der Waals surface area contributed by atoms with Crippen LogP contribution in [0.25, 0.3) is 11.3 Å². The normalized spacial score (nSPS) is 19.2. The van der Waals surface area contributed by atoms with Crippen LogP contribution >= 0.6 is 0 Å². The third-order valence-corrected chi connectivity index (χ3v) is 10.3. The molecule has 0 radical (unpaired) electrons. The maximum Gasteiger partial charge on any atom is 0.320 e. The van der Waals surface area contributed by atoms with Crippen LogP contribution in [0, 0.1) is 5.82 Å². The van der Waals surface area contributed by atoms with Gasteiger partial charge in [0, 0.05) is 24.1 Å². The van der Waals surface area contributed by atoms with Crippen LogP contribution in [0.1, 0.15) is 94.3 Å². The third-order valence-electron chi connectivity index (χ3n) is 9.78. The Kier molecular flexibility index (Phi) is 9.89. The van der Waals surface area contributed by atoms with Crippen LogP contribution < -0.4 is 20.3 Å². The van der Waals surface area contributed by atoms with Crippen molar-refractivity contribution in [3.63, 3.8) is 0 Å². The van der Waals surface area contributed by atoms with Gasteiger partial charge in [0.1, 0.15) is 23.5 Å². The van der Waals surface area contributed by atoms with Crippen molar-refractivity contribution in [1.29, 1.82) is 0 Å². The zero-order chi connectivity index (χ0) is 37.5. The lowest BCUT2D eigenvalue weighted by atomic mass is 9.85. The zero-order valence-corrected chi connectivity index (χ0v) is 31.4. The minimum absolute atomic E-state index is 0.233. The van der Waals surface area contributed by atoms with Crippen LogP contribution in [0.5, 0.6) is 5.75 Å². The van der Waals surface area contributed by atoms with E-state index in [0.29, 0.717) is 47.4 Å². The summed E-state index contributed by atoms with van der Waals surface area (Å²) in [5, 5.41) is 19.7. The summed E-state index contributed by atoms with van der Waals surface area (Å²) in [6.07, 6.45) is 7.41. The quantitative estimate of drug-likeness (QED) is 0.153. The van der Waals surface area contributed by atoms with Crippen molar-refractivity contribution in [2.45, 2.75) is 90.0 Å². The highest BCUT2D eigenvalue weighted by atomic mass is 32.2. The van der Waals surface area contributed by atoms with Crippen molar-refractivity contribution in [2.75, 3.05) is 23.0 Å². The lowest BCUT2D eigenvalue weighted by Gasteiger charge is -2.33. The molecule has 2 amide bonds. The zero-order valence-electron chi connectivity index (χ0n) is 30.5. The number of pyridine rings is 1. The number of aromatic nitrogens is 5. The first kappa shape index (κ1) is 36.3. The van der Waals surface area contributed by atoms with Gasteiger partial charge in [0.05, 0.1) is 36.5 Å². The highest BCUT2D eigenvalue weighted by Crippen LogP contribution is 2.39. The predicted octanol–water partition coefficient (Wildman–Crippen LogP) is 6.98. The van der Waals surface area contributed by atoms with Gasteiger partial charge >= 0.3 is 6.03 Å². The molecular weight excluding hydrogens is 700 g/mol. The van der Waals surface area contributed by atoms with Crippen molar-refractivity contribution >= 4 is 33.6 Å². The molecule has 1 aliphatic heterocycles. The molecule has 3 aromatic heterocycles. The standard InChI is InChI=1S/C38H45FN8O5S/c1-24-10-8-9-17-45(24)37-43-42-34-16-13-28(22-46(34)37)52-32-15-14-31(29-11-6-7-12-30(29)32)40-36(48)41-35-21-33(38(2,3)4)44-47(35)27-19-25(18-26(39)20-27)23-51-53(5,49)50/h6-7,11-13,16,18-22,24,31-32H,8-10,14-15,17,23H2,1-5H3,(H2,40,41,48)/t24-,31?,32+/m0/s1. The maximum atomic E-state index is 14.8. The fourth-order valence-electron chi connectivity index (χ4n) is 7.07. The van der Waals surface area contributed by atoms with E-state index in [-0.39, 0.29) is 18.8 Å². The summed E-state index contributed by atoms with van der Waals surface area (Å²) in [5.74, 6) is 1.25. The van der Waals surface area contributed by atoms with E-state index in [9.17, 15) is 17.6 Å². The van der Waals surface area contributed by atoms with E-state index in [1.165, 1.54) is 23.2 Å². The fourth-order valence-corrected chi connectivity index (χ4v) is 7.42. The molecule has 280 valence electrons. The Hall–Kier alpha value is -5.02. The van der Waals surface area contributed by atoms with Gasteiger partial charge in [-0.05, 0) is 86.1 Å². The number of halogens is 1. The van der Waals surface area contributed by atoms with E-state index in [2.05, 4.69) is 32.7 Å². The number of nitrogens with zero attached hydrogens (tertiary/aromatic N) is 6. The number of hydrogen-bond acceptors (Lipinski definition) is 9. The van der Waals surface area contributed by atoms with Crippen LogP contribution in [0.4, 0.5) is 21.0 Å². The molecule has 0 spiro atoms. The molecule has 1 unspecified atom stereocenters. The number of carbonyl (C=O) groups excluding carboxylic acids is 1. The summed E-state index contributed by atoms with van der Waals surface area (Å²) in [5.41, 5.74) is 3.57. The van der Waals surface area contributed by atoms with Crippen LogP contribution in [0.3, 0.4) is 0 Å². The monoisotopic (exact) mass is 744 g/mol. The van der Waals surface area contributed by atoms with Gasteiger partial charge in [-0.1, -0.05) is 45.0 Å². The number of nitrogens with one attached hydrogen (secondary N) is 2. The van der Waals surface area contributed by atoms with Gasteiger partial charge in [0.15, 0.2) is 5.65 Å². The summed E-state index contributed by atoms with van der Waals surface area (Å²) in [7, 11) is -3.75. The largest absolute Gasteiger partial charge is 0.484 e. The van der Waals surface area contributed by atoms with E-state index in [4.69, 9.17) is 14.0 Å². The molecule has 2 aromatic carbocycles. The molecule has 2 aliphatic rings. The van der Waals surface area contributed by atoms with E-state index < -0.39 is 27.4 Å². The molecular formula is C38H45FN8O5S. The van der Waals surface area contributed by atoms with E-state index in [1.54, 1.807) is 12.1 Å². The number of carbonyl (C=O) groups is 1. The highest BCUT2D eigenvalue weighted by molar-refractivity contribution is 7.85. The van der Waals surface area contributed by atoms with Crippen LogP contribution in [-0.2, 0) is 26.3 Å². The Bertz CT molecular complexity index is 2250. The number of anilines is 2. The van der Waals surface area contributed by atoms with Gasteiger partial charge in [-0.15, -0.1) is 10.2 Å². The maximum absolute atomic E-state index is 14.8. The second kappa shape index (κ2) is 14.4. The first-order chi connectivity index (χ1) is 25.2. The van der Waals surface area contributed by atoms with Crippen molar-refractivity contribution < 1.29 is 26.5 Å². The van der Waals surface area contributed by atoms with Gasteiger partial charge in [0.25, 0.3) is 10.1 Å². The Balaban J connectivity index is 1.09. The second-order valence-corrected chi connectivity index (χ2v) is 16.6. The molecule has 7 rings (SSSR count). The Morgan fingerprint density at radius 2 is 1.79 bits per heavy atom. The van der Waals surface area contributed by atoms with Crippen LogP contribution in [0.15, 0.2) is 66.9 Å². The van der Waals surface area contributed by atoms with Crippen molar-refractivity contribution in [2.24, 2.45) is 0 Å². The molecule has 13 nitrogen and oxygen atoms in total. The fraction of sp³-hybridized carbons (Fsp3) is 0.421.